The number of rotatable bonds is 6. The maximum absolute atomic E-state index is 13.3. The number of nitrogens with one attached hydrogen (secondary N) is 1. The van der Waals surface area contributed by atoms with Gasteiger partial charge in [0.2, 0.25) is 5.91 Å². The van der Waals surface area contributed by atoms with E-state index in [2.05, 4.69) is 15.5 Å². The van der Waals surface area contributed by atoms with Crippen molar-refractivity contribution in [1.82, 2.24) is 24.9 Å². The number of nitrogens with zero attached hydrogens (tertiary/aromatic N) is 4. The van der Waals surface area contributed by atoms with Crippen LogP contribution < -0.4 is 10.9 Å². The van der Waals surface area contributed by atoms with E-state index in [4.69, 9.17) is 0 Å². The lowest BCUT2D eigenvalue weighted by Crippen LogP contribution is -2.38. The number of aryl methyl sites for hydroxylation is 2. The molecule has 0 radical (unpaired) electrons. The minimum atomic E-state index is -0.731. The van der Waals surface area contributed by atoms with Crippen molar-refractivity contribution in [2.75, 3.05) is 6.54 Å². The Kier molecular flexibility index (Phi) is 5.66. The van der Waals surface area contributed by atoms with Gasteiger partial charge < -0.3 is 5.32 Å². The van der Waals surface area contributed by atoms with E-state index in [-0.39, 0.29) is 11.5 Å². The van der Waals surface area contributed by atoms with Gasteiger partial charge in [0, 0.05) is 6.54 Å². The summed E-state index contributed by atoms with van der Waals surface area (Å²) in [5, 5.41) is 12.4. The van der Waals surface area contributed by atoms with Gasteiger partial charge in [-0.15, -0.1) is 0 Å². The molecule has 7 heteroatoms. The Morgan fingerprint density at radius 3 is 2.32 bits per heavy atom. The average molecular weight is 415 g/mol. The summed E-state index contributed by atoms with van der Waals surface area (Å²) in [5.41, 5.74) is 3.59. The van der Waals surface area contributed by atoms with Crippen molar-refractivity contribution in [3.05, 3.63) is 88.0 Å². The SMILES string of the molecule is Cc1nn([C@@H](C)C(=O)NCCc2ccccc2)c(=O)c2c(C)n(-c3ccccc3)nc12. The van der Waals surface area contributed by atoms with Crippen LogP contribution in [0.1, 0.15) is 29.9 Å². The molecule has 0 unspecified atom stereocenters. The van der Waals surface area contributed by atoms with E-state index in [0.29, 0.717) is 23.1 Å². The average Bonchev–Trinajstić information content (AvgIpc) is 3.15. The highest BCUT2D eigenvalue weighted by molar-refractivity contribution is 5.84. The molecule has 0 saturated carbocycles. The van der Waals surface area contributed by atoms with Gasteiger partial charge in [-0.3, -0.25) is 9.59 Å². The van der Waals surface area contributed by atoms with Crippen molar-refractivity contribution in [3.8, 4) is 5.69 Å². The number of aromatic nitrogens is 4. The van der Waals surface area contributed by atoms with Crippen molar-refractivity contribution in [3.63, 3.8) is 0 Å². The monoisotopic (exact) mass is 415 g/mol. The topological polar surface area (TPSA) is 81.8 Å². The van der Waals surface area contributed by atoms with Gasteiger partial charge in [0.05, 0.1) is 22.5 Å². The summed E-state index contributed by atoms with van der Waals surface area (Å²) in [4.78, 5) is 26.0. The molecule has 0 saturated heterocycles. The van der Waals surface area contributed by atoms with Gasteiger partial charge in [-0.1, -0.05) is 48.5 Å². The third-order valence-corrected chi connectivity index (χ3v) is 5.44. The third-order valence-electron chi connectivity index (χ3n) is 5.44. The van der Waals surface area contributed by atoms with Crippen LogP contribution in [0.5, 0.6) is 0 Å². The molecule has 0 fully saturated rings. The first-order chi connectivity index (χ1) is 15.0. The molecule has 0 bridgehead atoms. The normalized spacial score (nSPS) is 12.1. The van der Waals surface area contributed by atoms with E-state index in [9.17, 15) is 9.59 Å². The van der Waals surface area contributed by atoms with E-state index in [1.54, 1.807) is 18.5 Å². The molecule has 31 heavy (non-hydrogen) atoms. The molecule has 0 aliphatic carbocycles. The van der Waals surface area contributed by atoms with Crippen LogP contribution in [0, 0.1) is 13.8 Å². The van der Waals surface area contributed by atoms with E-state index < -0.39 is 6.04 Å². The lowest BCUT2D eigenvalue weighted by Gasteiger charge is -2.15. The Morgan fingerprint density at radius 1 is 1.00 bits per heavy atom. The molecule has 2 heterocycles. The minimum Gasteiger partial charge on any atom is -0.354 e. The number of hydrogen-bond acceptors (Lipinski definition) is 4. The standard InChI is InChI=1S/C24H25N5O2/c1-16-22-21(17(2)28(27-22)20-12-8-5-9-13-20)24(31)29(26-16)18(3)23(30)25-15-14-19-10-6-4-7-11-19/h4-13,18H,14-15H2,1-3H3,(H,25,30)/t18-/m0/s1. The second-order valence-corrected chi connectivity index (χ2v) is 7.59. The molecular formula is C24H25N5O2. The molecule has 7 nitrogen and oxygen atoms in total. The summed E-state index contributed by atoms with van der Waals surface area (Å²) in [6, 6.07) is 18.9. The van der Waals surface area contributed by atoms with E-state index in [1.165, 1.54) is 4.68 Å². The van der Waals surface area contributed by atoms with Crippen molar-refractivity contribution in [1.29, 1.82) is 0 Å². The van der Waals surface area contributed by atoms with E-state index in [1.807, 2.05) is 67.6 Å². The largest absolute Gasteiger partial charge is 0.354 e. The van der Waals surface area contributed by atoms with Crippen molar-refractivity contribution < 1.29 is 4.79 Å². The van der Waals surface area contributed by atoms with E-state index in [0.717, 1.165) is 23.4 Å². The van der Waals surface area contributed by atoms with E-state index >= 15 is 0 Å². The van der Waals surface area contributed by atoms with Gasteiger partial charge in [0.25, 0.3) is 5.56 Å². The van der Waals surface area contributed by atoms with Crippen LogP contribution in [0.15, 0.2) is 65.5 Å². The van der Waals surface area contributed by atoms with Crippen LogP contribution in [0.2, 0.25) is 0 Å². The van der Waals surface area contributed by atoms with Gasteiger partial charge in [0.1, 0.15) is 11.6 Å². The highest BCUT2D eigenvalue weighted by atomic mass is 16.2. The first-order valence-corrected chi connectivity index (χ1v) is 10.3. The highest BCUT2D eigenvalue weighted by Crippen LogP contribution is 2.20. The zero-order valence-electron chi connectivity index (χ0n) is 17.9. The summed E-state index contributed by atoms with van der Waals surface area (Å²) in [7, 11) is 0. The summed E-state index contributed by atoms with van der Waals surface area (Å²) in [5.74, 6) is -0.239. The molecule has 158 valence electrons. The lowest BCUT2D eigenvalue weighted by molar-refractivity contribution is -0.124. The number of carbonyl (C=O) groups is 1. The van der Waals surface area contributed by atoms with Crippen LogP contribution >= 0.6 is 0 Å². The van der Waals surface area contributed by atoms with Crippen LogP contribution in [-0.2, 0) is 11.2 Å². The number of carbonyl (C=O) groups excluding carboxylic acids is 1. The van der Waals surface area contributed by atoms with Crippen LogP contribution in [-0.4, -0.2) is 32.0 Å². The molecule has 2 aromatic heterocycles. The second-order valence-electron chi connectivity index (χ2n) is 7.59. The maximum atomic E-state index is 13.3. The first-order valence-electron chi connectivity index (χ1n) is 10.3. The Balaban J connectivity index is 1.61. The number of amides is 1. The third kappa shape index (κ3) is 3.99. The smallest absolute Gasteiger partial charge is 0.278 e. The summed E-state index contributed by atoms with van der Waals surface area (Å²) in [6.45, 7) is 5.85. The fourth-order valence-electron chi connectivity index (χ4n) is 3.70. The quantitative estimate of drug-likeness (QED) is 0.525. The Bertz CT molecular complexity index is 1280. The number of para-hydroxylation sites is 1. The molecule has 0 aliphatic rings. The van der Waals surface area contributed by atoms with Gasteiger partial charge in [0.15, 0.2) is 0 Å². The van der Waals surface area contributed by atoms with Crippen molar-refractivity contribution >= 4 is 16.8 Å². The zero-order valence-corrected chi connectivity index (χ0v) is 17.9. The molecule has 1 amide bonds. The molecule has 1 atom stereocenters. The zero-order chi connectivity index (χ0) is 22.0. The highest BCUT2D eigenvalue weighted by Gasteiger charge is 2.23. The Morgan fingerprint density at radius 2 is 1.65 bits per heavy atom. The lowest BCUT2D eigenvalue weighted by atomic mass is 10.1. The van der Waals surface area contributed by atoms with Gasteiger partial charge in [-0.05, 0) is 44.9 Å². The Hall–Kier alpha value is -3.74. The van der Waals surface area contributed by atoms with Crippen LogP contribution in [0.3, 0.4) is 0 Å². The van der Waals surface area contributed by atoms with Crippen molar-refractivity contribution in [2.24, 2.45) is 0 Å². The van der Waals surface area contributed by atoms with Crippen molar-refractivity contribution in [2.45, 2.75) is 33.2 Å². The number of fused-ring (bicyclic) bond motifs is 1. The van der Waals surface area contributed by atoms with Gasteiger partial charge in [-0.25, -0.2) is 9.36 Å². The first kappa shape index (κ1) is 20.5. The fraction of sp³-hybridized carbons (Fsp3) is 0.250. The molecule has 0 spiro atoms. The molecular weight excluding hydrogens is 390 g/mol. The molecule has 4 rings (SSSR count). The number of benzene rings is 2. The summed E-state index contributed by atoms with van der Waals surface area (Å²) in [6.07, 6.45) is 0.725. The summed E-state index contributed by atoms with van der Waals surface area (Å²) >= 11 is 0. The predicted molar refractivity (Wildman–Crippen MR) is 120 cm³/mol. The van der Waals surface area contributed by atoms with Crippen LogP contribution in [0.4, 0.5) is 0 Å². The number of hydrogen-bond donors (Lipinski definition) is 1. The molecule has 4 aromatic rings. The maximum Gasteiger partial charge on any atom is 0.278 e. The van der Waals surface area contributed by atoms with Gasteiger partial charge >= 0.3 is 0 Å². The fourth-order valence-corrected chi connectivity index (χ4v) is 3.70. The second kappa shape index (κ2) is 8.55. The molecule has 0 aliphatic heterocycles. The minimum absolute atomic E-state index is 0.239. The Labute approximate surface area is 180 Å². The van der Waals surface area contributed by atoms with Crippen LogP contribution in [0.25, 0.3) is 16.6 Å². The molecule has 2 aromatic carbocycles. The van der Waals surface area contributed by atoms with Gasteiger partial charge in [-0.2, -0.15) is 10.2 Å². The molecule has 1 N–H and O–H groups in total. The predicted octanol–water partition coefficient (Wildman–Crippen LogP) is 3.12. The summed E-state index contributed by atoms with van der Waals surface area (Å²) < 4.78 is 3.01.